The van der Waals surface area contributed by atoms with Crippen molar-refractivity contribution in [2.75, 3.05) is 18.4 Å². The van der Waals surface area contributed by atoms with E-state index in [-0.39, 0.29) is 18.0 Å². The number of hydrogen-bond acceptors (Lipinski definition) is 4. The maximum absolute atomic E-state index is 14.1. The Morgan fingerprint density at radius 1 is 1.08 bits per heavy atom. The molecular formula is C28H31F2N7O. The van der Waals surface area contributed by atoms with E-state index in [0.717, 1.165) is 22.9 Å². The lowest BCUT2D eigenvalue weighted by molar-refractivity contribution is 0.243. The molecule has 4 aromatic rings. The molecule has 38 heavy (non-hydrogen) atoms. The van der Waals surface area contributed by atoms with Crippen molar-refractivity contribution < 1.29 is 13.6 Å². The van der Waals surface area contributed by atoms with Gasteiger partial charge in [-0.1, -0.05) is 24.3 Å². The number of halogens is 2. The summed E-state index contributed by atoms with van der Waals surface area (Å²) >= 11 is 0. The van der Waals surface area contributed by atoms with Gasteiger partial charge in [0.05, 0.1) is 17.9 Å². The molecule has 0 aliphatic carbocycles. The lowest BCUT2D eigenvalue weighted by Crippen LogP contribution is -2.43. The van der Waals surface area contributed by atoms with Crippen LogP contribution in [0.3, 0.4) is 0 Å². The van der Waals surface area contributed by atoms with E-state index < -0.39 is 17.7 Å². The van der Waals surface area contributed by atoms with Crippen molar-refractivity contribution in [3.05, 3.63) is 83.7 Å². The maximum Gasteiger partial charge on any atom is 0.320 e. The minimum atomic E-state index is -0.890. The molecule has 5 rings (SSSR count). The van der Waals surface area contributed by atoms with Crippen molar-refractivity contribution in [2.45, 2.75) is 38.8 Å². The van der Waals surface area contributed by atoms with E-state index in [9.17, 15) is 13.6 Å². The Hall–Kier alpha value is -4.05. The second kappa shape index (κ2) is 10.4. The number of amides is 2. The molecular weight excluding hydrogens is 488 g/mol. The Kier molecular flexibility index (Phi) is 6.98. The fraction of sp³-hybridized carbons (Fsp3) is 0.321. The van der Waals surface area contributed by atoms with Gasteiger partial charge in [-0.2, -0.15) is 10.2 Å². The maximum atomic E-state index is 14.1. The van der Waals surface area contributed by atoms with Crippen molar-refractivity contribution in [1.29, 1.82) is 0 Å². The van der Waals surface area contributed by atoms with Gasteiger partial charge in [-0.3, -0.25) is 14.9 Å². The van der Waals surface area contributed by atoms with Gasteiger partial charge in [-0.25, -0.2) is 18.3 Å². The number of aromatic nitrogens is 4. The van der Waals surface area contributed by atoms with E-state index in [1.54, 1.807) is 21.6 Å². The number of likely N-dealkylation sites (tertiary alicyclic amines) is 1. The Balaban J connectivity index is 1.44. The molecule has 0 unspecified atom stereocenters. The van der Waals surface area contributed by atoms with Crippen LogP contribution in [0.2, 0.25) is 0 Å². The number of rotatable bonds is 6. The SMILES string of the molecule is Cc1c(-c2cnn(C)c2)nn(-c2ccccc2)c1NC(=O)N[C@@H]1CN(C(C)C)C[C@H]1c1ccc(F)c(F)c1. The number of carbonyl (C=O) groups excluding carboxylic acids is 1. The third-order valence-corrected chi connectivity index (χ3v) is 7.10. The van der Waals surface area contributed by atoms with Crippen LogP contribution >= 0.6 is 0 Å². The summed E-state index contributed by atoms with van der Waals surface area (Å²) < 4.78 is 31.1. The van der Waals surface area contributed by atoms with E-state index in [4.69, 9.17) is 5.10 Å². The molecule has 2 atom stereocenters. The van der Waals surface area contributed by atoms with E-state index in [1.807, 2.05) is 50.5 Å². The zero-order valence-corrected chi connectivity index (χ0v) is 21.8. The van der Waals surface area contributed by atoms with E-state index in [0.29, 0.717) is 30.2 Å². The zero-order valence-electron chi connectivity index (χ0n) is 21.8. The molecule has 0 saturated carbocycles. The molecule has 2 N–H and O–H groups in total. The van der Waals surface area contributed by atoms with Crippen LogP contribution in [0.4, 0.5) is 19.4 Å². The minimum Gasteiger partial charge on any atom is -0.333 e. The van der Waals surface area contributed by atoms with Gasteiger partial charge in [0.15, 0.2) is 11.6 Å². The molecule has 2 aromatic carbocycles. The summed E-state index contributed by atoms with van der Waals surface area (Å²) in [4.78, 5) is 15.6. The van der Waals surface area contributed by atoms with Crippen LogP contribution in [0.15, 0.2) is 60.9 Å². The summed E-state index contributed by atoms with van der Waals surface area (Å²) in [6.45, 7) is 7.27. The summed E-state index contributed by atoms with van der Waals surface area (Å²) in [5.41, 5.74) is 3.80. The van der Waals surface area contributed by atoms with Gasteiger partial charge in [0.25, 0.3) is 0 Å². The Bertz CT molecular complexity index is 1450. The standard InChI is InChI=1S/C28H31F2N7O/c1-17(2)36-15-22(19-10-11-23(29)24(30)12-19)25(16-36)32-28(38)33-27-18(3)26(20-13-31-35(4)14-20)34-37(27)21-8-6-5-7-9-21/h5-14,17,22,25H,15-16H2,1-4H3,(H2,32,33,38)/t22-,25+/m0/s1. The van der Waals surface area contributed by atoms with Crippen LogP contribution in [0, 0.1) is 18.6 Å². The summed E-state index contributed by atoms with van der Waals surface area (Å²) in [7, 11) is 1.84. The normalized spacial score (nSPS) is 17.8. The fourth-order valence-corrected chi connectivity index (χ4v) is 5.01. The highest BCUT2D eigenvalue weighted by molar-refractivity contribution is 5.91. The molecule has 2 amide bonds. The minimum absolute atomic E-state index is 0.190. The average molecular weight is 520 g/mol. The van der Waals surface area contributed by atoms with Gasteiger partial charge in [0.1, 0.15) is 11.5 Å². The highest BCUT2D eigenvalue weighted by atomic mass is 19.2. The summed E-state index contributed by atoms with van der Waals surface area (Å²) in [5, 5.41) is 15.2. The number of carbonyl (C=O) groups is 1. The number of benzene rings is 2. The van der Waals surface area contributed by atoms with Crippen LogP contribution in [0.1, 0.15) is 30.9 Å². The summed E-state index contributed by atoms with van der Waals surface area (Å²) in [6, 6.07) is 13.1. The summed E-state index contributed by atoms with van der Waals surface area (Å²) in [5.74, 6) is -1.43. The highest BCUT2D eigenvalue weighted by Gasteiger charge is 2.36. The first-order chi connectivity index (χ1) is 18.2. The van der Waals surface area contributed by atoms with Crippen LogP contribution < -0.4 is 10.6 Å². The lowest BCUT2D eigenvalue weighted by atomic mass is 9.94. The van der Waals surface area contributed by atoms with Gasteiger partial charge < -0.3 is 5.32 Å². The van der Waals surface area contributed by atoms with Crippen LogP contribution in [-0.4, -0.2) is 55.7 Å². The monoisotopic (exact) mass is 519 g/mol. The fourth-order valence-electron chi connectivity index (χ4n) is 5.01. The molecule has 1 aliphatic heterocycles. The molecule has 0 spiro atoms. The van der Waals surface area contributed by atoms with Crippen LogP contribution in [-0.2, 0) is 7.05 Å². The predicted octanol–water partition coefficient (Wildman–Crippen LogP) is 4.86. The number of aryl methyl sites for hydroxylation is 1. The molecule has 0 radical (unpaired) electrons. The molecule has 1 aliphatic rings. The molecule has 10 heteroatoms. The van der Waals surface area contributed by atoms with Crippen LogP contribution in [0.25, 0.3) is 16.9 Å². The number of nitrogens with one attached hydrogen (secondary N) is 2. The van der Waals surface area contributed by atoms with Gasteiger partial charge in [-0.05, 0) is 50.6 Å². The van der Waals surface area contributed by atoms with E-state index in [2.05, 4.69) is 34.5 Å². The largest absolute Gasteiger partial charge is 0.333 e. The lowest BCUT2D eigenvalue weighted by Gasteiger charge is -2.21. The summed E-state index contributed by atoms with van der Waals surface area (Å²) in [6.07, 6.45) is 3.61. The van der Waals surface area contributed by atoms with Crippen molar-refractivity contribution in [1.82, 2.24) is 29.8 Å². The van der Waals surface area contributed by atoms with Gasteiger partial charge in [0.2, 0.25) is 0 Å². The first-order valence-electron chi connectivity index (χ1n) is 12.6. The van der Waals surface area contributed by atoms with Gasteiger partial charge >= 0.3 is 6.03 Å². The first kappa shape index (κ1) is 25.6. The molecule has 0 bridgehead atoms. The molecule has 1 saturated heterocycles. The highest BCUT2D eigenvalue weighted by Crippen LogP contribution is 2.32. The molecule has 198 valence electrons. The predicted molar refractivity (Wildman–Crippen MR) is 142 cm³/mol. The smallest absolute Gasteiger partial charge is 0.320 e. The van der Waals surface area contributed by atoms with Crippen molar-refractivity contribution >= 4 is 11.8 Å². The van der Waals surface area contributed by atoms with Crippen molar-refractivity contribution in [2.24, 2.45) is 7.05 Å². The Labute approximate surface area is 220 Å². The van der Waals surface area contributed by atoms with Gasteiger partial charge in [-0.15, -0.1) is 0 Å². The second-order valence-electron chi connectivity index (χ2n) is 10.0. The average Bonchev–Trinajstić information content (AvgIpc) is 3.59. The Morgan fingerprint density at radius 2 is 1.84 bits per heavy atom. The van der Waals surface area contributed by atoms with Gasteiger partial charge in [0, 0.05) is 49.4 Å². The molecule has 3 heterocycles. The molecule has 2 aromatic heterocycles. The quantitative estimate of drug-likeness (QED) is 0.382. The molecule has 8 nitrogen and oxygen atoms in total. The topological polar surface area (TPSA) is 80.0 Å². The molecule has 1 fully saturated rings. The van der Waals surface area contributed by atoms with Crippen LogP contribution in [0.5, 0.6) is 0 Å². The van der Waals surface area contributed by atoms with Crippen molar-refractivity contribution in [3.8, 4) is 16.9 Å². The first-order valence-corrected chi connectivity index (χ1v) is 12.6. The number of hydrogen-bond donors (Lipinski definition) is 2. The number of nitrogens with zero attached hydrogens (tertiary/aromatic N) is 5. The Morgan fingerprint density at radius 3 is 2.50 bits per heavy atom. The third-order valence-electron chi connectivity index (χ3n) is 7.10. The number of urea groups is 1. The second-order valence-corrected chi connectivity index (χ2v) is 10.0. The van der Waals surface area contributed by atoms with E-state index >= 15 is 0 Å². The number of anilines is 1. The van der Waals surface area contributed by atoms with Crippen molar-refractivity contribution in [3.63, 3.8) is 0 Å². The number of para-hydroxylation sites is 1. The third kappa shape index (κ3) is 5.04. The van der Waals surface area contributed by atoms with E-state index in [1.165, 1.54) is 6.07 Å². The zero-order chi connectivity index (χ0) is 27.0.